The molecule has 0 spiro atoms. The van der Waals surface area contributed by atoms with Gasteiger partial charge in [-0.1, -0.05) is 0 Å². The Balaban J connectivity index is 3.04. The normalized spacial score (nSPS) is 9.43. The van der Waals surface area contributed by atoms with Crippen LogP contribution >= 0.6 is 0 Å². The second-order valence-electron chi connectivity index (χ2n) is 0.852. The molecule has 0 bridgehead atoms. The number of oxazole rings is 1. The molecule has 0 atom stereocenters. The SMILES string of the molecule is Fc1[c]nc(F)o1. The van der Waals surface area contributed by atoms with Crippen LogP contribution in [0.5, 0.6) is 0 Å². The largest absolute Gasteiger partial charge is 0.387 e. The van der Waals surface area contributed by atoms with Crippen LogP contribution in [-0.4, -0.2) is 4.98 Å². The number of hydrogen-bond acceptors (Lipinski definition) is 2. The number of aromatic nitrogens is 1. The van der Waals surface area contributed by atoms with E-state index in [1.54, 1.807) is 6.20 Å². The number of hydrogen-bond donors (Lipinski definition) is 0. The van der Waals surface area contributed by atoms with Gasteiger partial charge in [0.15, 0.2) is 6.20 Å². The van der Waals surface area contributed by atoms with Crippen molar-refractivity contribution in [3.8, 4) is 0 Å². The van der Waals surface area contributed by atoms with Gasteiger partial charge in [-0.3, -0.25) is 0 Å². The molecule has 7 heavy (non-hydrogen) atoms. The van der Waals surface area contributed by atoms with Crippen LogP contribution in [0.3, 0.4) is 0 Å². The maximum Gasteiger partial charge on any atom is 0.384 e. The highest BCUT2D eigenvalue weighted by Gasteiger charge is 1.97. The molecule has 4 heteroatoms. The molecule has 1 aromatic rings. The zero-order valence-corrected chi connectivity index (χ0v) is 3.11. The molecule has 0 aromatic carbocycles. The molecule has 37 valence electrons. The van der Waals surface area contributed by atoms with Crippen molar-refractivity contribution in [3.63, 3.8) is 0 Å². The maximum atomic E-state index is 11.4. The minimum absolute atomic E-state index is 1.13. The lowest BCUT2D eigenvalue weighted by molar-refractivity contribution is 0.256. The lowest BCUT2D eigenvalue weighted by Crippen LogP contribution is -1.61. The first-order valence-corrected chi connectivity index (χ1v) is 1.48. The van der Waals surface area contributed by atoms with Crippen LogP contribution in [0.4, 0.5) is 8.78 Å². The molecule has 1 heterocycles. The molecule has 2 nitrogen and oxygen atoms in total. The molecule has 0 amide bonds. The van der Waals surface area contributed by atoms with Crippen molar-refractivity contribution >= 4 is 0 Å². The summed E-state index contributed by atoms with van der Waals surface area (Å²) < 4.78 is 26.4. The zero-order valence-electron chi connectivity index (χ0n) is 3.11. The van der Waals surface area contributed by atoms with E-state index >= 15 is 0 Å². The second-order valence-corrected chi connectivity index (χ2v) is 0.852. The third kappa shape index (κ3) is 0.734. The van der Waals surface area contributed by atoms with Crippen molar-refractivity contribution in [2.45, 2.75) is 0 Å². The fourth-order valence-corrected chi connectivity index (χ4v) is 0.207. The van der Waals surface area contributed by atoms with Crippen molar-refractivity contribution < 1.29 is 13.2 Å². The van der Waals surface area contributed by atoms with Gasteiger partial charge in [0, 0.05) is 0 Å². The molecule has 1 rings (SSSR count). The van der Waals surface area contributed by atoms with Crippen molar-refractivity contribution in [1.82, 2.24) is 4.98 Å². The van der Waals surface area contributed by atoms with Crippen LogP contribution in [-0.2, 0) is 0 Å². The highest BCUT2D eigenvalue weighted by atomic mass is 19.2. The first-order chi connectivity index (χ1) is 3.29. The molecule has 0 saturated heterocycles. The third-order valence-electron chi connectivity index (χ3n) is 0.406. The van der Waals surface area contributed by atoms with E-state index in [1.165, 1.54) is 0 Å². The van der Waals surface area contributed by atoms with Crippen LogP contribution < -0.4 is 0 Å². The number of rotatable bonds is 0. The van der Waals surface area contributed by atoms with Crippen LogP contribution in [0.1, 0.15) is 0 Å². The standard InChI is InChI=1S/C3F2NO/c4-2-1-6-3(5)7-2. The van der Waals surface area contributed by atoms with Gasteiger partial charge in [-0.15, -0.1) is 4.39 Å². The van der Waals surface area contributed by atoms with Gasteiger partial charge in [0.2, 0.25) is 0 Å². The van der Waals surface area contributed by atoms with Crippen LogP contribution in [0.15, 0.2) is 4.42 Å². The molecule has 0 fully saturated rings. The summed E-state index contributed by atoms with van der Waals surface area (Å²) in [5.74, 6) is 0. The fraction of sp³-hybridized carbons (Fsp3) is 0. The summed E-state index contributed by atoms with van der Waals surface area (Å²) in [6.45, 7) is 0. The van der Waals surface area contributed by atoms with E-state index in [9.17, 15) is 8.78 Å². The number of nitrogens with zero attached hydrogens (tertiary/aromatic N) is 1. The van der Waals surface area contributed by atoms with E-state index < -0.39 is 12.2 Å². The molecular weight excluding hydrogens is 104 g/mol. The van der Waals surface area contributed by atoms with Crippen LogP contribution in [0, 0.1) is 18.4 Å². The van der Waals surface area contributed by atoms with E-state index in [0.29, 0.717) is 0 Å². The highest BCUT2D eigenvalue weighted by Crippen LogP contribution is 1.95. The van der Waals surface area contributed by atoms with Crippen molar-refractivity contribution in [1.29, 1.82) is 0 Å². The lowest BCUT2D eigenvalue weighted by Gasteiger charge is -1.65. The van der Waals surface area contributed by atoms with Crippen molar-refractivity contribution in [2.24, 2.45) is 0 Å². The molecule has 0 aliphatic carbocycles. The Morgan fingerprint density at radius 2 is 2.29 bits per heavy atom. The minimum atomic E-state index is -1.20. The first-order valence-electron chi connectivity index (χ1n) is 1.48. The monoisotopic (exact) mass is 104 g/mol. The average Bonchev–Trinajstić information content (AvgIpc) is 1.87. The van der Waals surface area contributed by atoms with Gasteiger partial charge < -0.3 is 4.42 Å². The summed E-state index contributed by atoms with van der Waals surface area (Å²) in [6, 6.07) is -1.13. The first kappa shape index (κ1) is 4.23. The quantitative estimate of drug-likeness (QED) is 0.485. The van der Waals surface area contributed by atoms with Gasteiger partial charge in [-0.25, -0.2) is 0 Å². The Morgan fingerprint density at radius 3 is 2.43 bits per heavy atom. The van der Waals surface area contributed by atoms with E-state index in [0.717, 1.165) is 0 Å². The summed E-state index contributed by atoms with van der Waals surface area (Å²) in [5.41, 5.74) is 0. The average molecular weight is 104 g/mol. The Kier molecular flexibility index (Phi) is 0.780. The summed E-state index contributed by atoms with van der Waals surface area (Å²) in [5, 5.41) is 0. The van der Waals surface area contributed by atoms with E-state index in [-0.39, 0.29) is 0 Å². The fourth-order valence-electron chi connectivity index (χ4n) is 0.207. The van der Waals surface area contributed by atoms with Gasteiger partial charge >= 0.3 is 12.2 Å². The Hall–Kier alpha value is -0.930. The molecule has 0 saturated carbocycles. The van der Waals surface area contributed by atoms with Gasteiger partial charge in [-0.2, -0.15) is 9.37 Å². The second kappa shape index (κ2) is 1.29. The van der Waals surface area contributed by atoms with E-state index in [4.69, 9.17) is 0 Å². The number of halogens is 2. The minimum Gasteiger partial charge on any atom is -0.387 e. The van der Waals surface area contributed by atoms with Gasteiger partial charge in [0.25, 0.3) is 0 Å². The molecule has 0 aliphatic rings. The van der Waals surface area contributed by atoms with Gasteiger partial charge in [0.1, 0.15) is 0 Å². The topological polar surface area (TPSA) is 26.0 Å². The van der Waals surface area contributed by atoms with Crippen LogP contribution in [0.2, 0.25) is 0 Å². The molecule has 1 radical (unpaired) electrons. The summed E-state index contributed by atoms with van der Waals surface area (Å²) in [4.78, 5) is 2.68. The molecule has 1 aromatic heterocycles. The summed E-state index contributed by atoms with van der Waals surface area (Å²) in [7, 11) is 0. The zero-order chi connectivity index (χ0) is 5.28. The Bertz CT molecular complexity index is 145. The predicted molar refractivity (Wildman–Crippen MR) is 15.3 cm³/mol. The van der Waals surface area contributed by atoms with Gasteiger partial charge in [-0.05, 0) is 0 Å². The predicted octanol–water partition coefficient (Wildman–Crippen LogP) is 0.753. The van der Waals surface area contributed by atoms with E-state index in [2.05, 4.69) is 9.40 Å². The Morgan fingerprint density at radius 1 is 1.57 bits per heavy atom. The molecular formula is C3F2NO. The lowest BCUT2D eigenvalue weighted by atomic mass is 11.0. The molecule has 0 N–H and O–H groups in total. The van der Waals surface area contributed by atoms with Crippen molar-refractivity contribution in [2.75, 3.05) is 0 Å². The highest BCUT2D eigenvalue weighted by molar-refractivity contribution is 4.62. The van der Waals surface area contributed by atoms with Crippen molar-refractivity contribution in [3.05, 3.63) is 18.4 Å². The summed E-state index contributed by atoms with van der Waals surface area (Å²) in [6.07, 6.45) is 0.413. The smallest absolute Gasteiger partial charge is 0.384 e. The summed E-state index contributed by atoms with van der Waals surface area (Å²) >= 11 is 0. The Labute approximate surface area is 37.8 Å². The van der Waals surface area contributed by atoms with Crippen LogP contribution in [0.25, 0.3) is 0 Å². The van der Waals surface area contributed by atoms with E-state index in [1.807, 2.05) is 0 Å². The third-order valence-corrected chi connectivity index (χ3v) is 0.406. The molecule has 0 aliphatic heterocycles. The van der Waals surface area contributed by atoms with Gasteiger partial charge in [0.05, 0.1) is 0 Å². The maximum absolute atomic E-state index is 11.4. The molecule has 0 unspecified atom stereocenters.